The highest BCUT2D eigenvalue weighted by atomic mass is 35.5. The van der Waals surface area contributed by atoms with Gasteiger partial charge in [0.25, 0.3) is 5.91 Å². The molecule has 2 fully saturated rings. The minimum absolute atomic E-state index is 0.0776. The maximum atomic E-state index is 12.4. The normalized spacial score (nSPS) is 17.6. The van der Waals surface area contributed by atoms with Crippen molar-refractivity contribution in [2.45, 2.75) is 12.8 Å². The molecule has 3 rings (SSSR count). The van der Waals surface area contributed by atoms with Gasteiger partial charge in [-0.25, -0.2) is 0 Å². The zero-order chi connectivity index (χ0) is 20.1. The molecule has 2 aliphatic heterocycles. The average Bonchev–Trinajstić information content (AvgIpc) is 3.23. The van der Waals surface area contributed by atoms with Crippen molar-refractivity contribution in [1.29, 1.82) is 0 Å². The van der Waals surface area contributed by atoms with E-state index in [-0.39, 0.29) is 24.3 Å². The molecule has 0 bridgehead atoms. The van der Waals surface area contributed by atoms with Crippen LogP contribution in [0.25, 0.3) is 0 Å². The standard InChI is InChI=1S/C19H24Cl2N4O3/c20-15-4-3-14(11-16(15)21)19(28)22-12-17(26)25-9-7-23(8-10-25)13-18(27)24-5-1-2-6-24/h3-4,11H,1-2,5-10,12-13H2,(H,22,28). The molecule has 0 aliphatic carbocycles. The van der Waals surface area contributed by atoms with Crippen molar-refractivity contribution in [2.24, 2.45) is 0 Å². The Labute approximate surface area is 174 Å². The monoisotopic (exact) mass is 426 g/mol. The number of nitrogens with zero attached hydrogens (tertiary/aromatic N) is 3. The number of halogens is 2. The summed E-state index contributed by atoms with van der Waals surface area (Å²) in [6, 6.07) is 4.58. The van der Waals surface area contributed by atoms with Gasteiger partial charge in [0.2, 0.25) is 11.8 Å². The number of carbonyl (C=O) groups excluding carboxylic acids is 3. The summed E-state index contributed by atoms with van der Waals surface area (Å²) >= 11 is 11.8. The van der Waals surface area contributed by atoms with E-state index in [4.69, 9.17) is 23.2 Å². The predicted molar refractivity (Wildman–Crippen MR) is 108 cm³/mol. The third kappa shape index (κ3) is 5.37. The van der Waals surface area contributed by atoms with Crippen molar-refractivity contribution in [3.63, 3.8) is 0 Å². The predicted octanol–water partition coefficient (Wildman–Crippen LogP) is 1.49. The van der Waals surface area contributed by atoms with Gasteiger partial charge < -0.3 is 15.1 Å². The maximum Gasteiger partial charge on any atom is 0.251 e. The fourth-order valence-electron chi connectivity index (χ4n) is 3.42. The summed E-state index contributed by atoms with van der Waals surface area (Å²) in [4.78, 5) is 42.5. The quantitative estimate of drug-likeness (QED) is 0.773. The number of rotatable bonds is 5. The summed E-state index contributed by atoms with van der Waals surface area (Å²) in [5, 5.41) is 3.28. The van der Waals surface area contributed by atoms with Gasteiger partial charge in [-0.05, 0) is 31.0 Å². The Kier molecular flexibility index (Phi) is 7.15. The van der Waals surface area contributed by atoms with E-state index < -0.39 is 0 Å². The summed E-state index contributed by atoms with van der Waals surface area (Å²) < 4.78 is 0. The van der Waals surface area contributed by atoms with Crippen LogP contribution in [0.1, 0.15) is 23.2 Å². The van der Waals surface area contributed by atoms with Crippen LogP contribution in [-0.2, 0) is 9.59 Å². The zero-order valence-corrected chi connectivity index (χ0v) is 17.1. The van der Waals surface area contributed by atoms with E-state index in [9.17, 15) is 14.4 Å². The van der Waals surface area contributed by atoms with Crippen molar-refractivity contribution < 1.29 is 14.4 Å². The molecule has 28 heavy (non-hydrogen) atoms. The molecular formula is C19H24Cl2N4O3. The van der Waals surface area contributed by atoms with E-state index in [1.807, 2.05) is 4.90 Å². The molecule has 0 radical (unpaired) electrons. The highest BCUT2D eigenvalue weighted by Gasteiger charge is 2.25. The van der Waals surface area contributed by atoms with Gasteiger partial charge in [-0.3, -0.25) is 19.3 Å². The highest BCUT2D eigenvalue weighted by Crippen LogP contribution is 2.22. The van der Waals surface area contributed by atoms with Gasteiger partial charge in [0.1, 0.15) is 0 Å². The van der Waals surface area contributed by atoms with Gasteiger partial charge in [-0.15, -0.1) is 0 Å². The third-order valence-electron chi connectivity index (χ3n) is 5.12. The van der Waals surface area contributed by atoms with Crippen molar-refractivity contribution in [3.8, 4) is 0 Å². The molecule has 9 heteroatoms. The van der Waals surface area contributed by atoms with E-state index in [0.717, 1.165) is 25.9 Å². The minimum Gasteiger partial charge on any atom is -0.343 e. The molecule has 0 unspecified atom stereocenters. The number of nitrogens with one attached hydrogen (secondary N) is 1. The number of benzene rings is 1. The number of likely N-dealkylation sites (tertiary alicyclic amines) is 1. The van der Waals surface area contributed by atoms with Crippen LogP contribution in [0.3, 0.4) is 0 Å². The lowest BCUT2D eigenvalue weighted by molar-refractivity contribution is -0.134. The van der Waals surface area contributed by atoms with Crippen LogP contribution >= 0.6 is 23.2 Å². The smallest absolute Gasteiger partial charge is 0.251 e. The van der Waals surface area contributed by atoms with Crippen LogP contribution in [0.15, 0.2) is 18.2 Å². The molecule has 2 heterocycles. The summed E-state index contributed by atoms with van der Waals surface area (Å²) in [6.07, 6.45) is 2.17. The van der Waals surface area contributed by atoms with E-state index >= 15 is 0 Å². The Morgan fingerprint density at radius 3 is 2.14 bits per heavy atom. The van der Waals surface area contributed by atoms with E-state index in [0.29, 0.717) is 48.3 Å². The molecule has 1 aromatic rings. The van der Waals surface area contributed by atoms with E-state index in [1.165, 1.54) is 6.07 Å². The molecule has 1 N–H and O–H groups in total. The number of amides is 3. The summed E-state index contributed by atoms with van der Waals surface area (Å²) in [7, 11) is 0. The van der Waals surface area contributed by atoms with Gasteiger partial charge in [0, 0.05) is 44.8 Å². The Bertz CT molecular complexity index is 745. The second kappa shape index (κ2) is 9.58. The van der Waals surface area contributed by atoms with Crippen LogP contribution in [0.5, 0.6) is 0 Å². The lowest BCUT2D eigenvalue weighted by atomic mass is 10.2. The first-order valence-corrected chi connectivity index (χ1v) is 10.2. The van der Waals surface area contributed by atoms with Crippen molar-refractivity contribution in [2.75, 3.05) is 52.4 Å². The molecule has 0 atom stereocenters. The van der Waals surface area contributed by atoms with Crippen LogP contribution in [-0.4, -0.2) is 84.8 Å². The Morgan fingerprint density at radius 2 is 1.50 bits per heavy atom. The van der Waals surface area contributed by atoms with Crippen molar-refractivity contribution >= 4 is 40.9 Å². The Balaban J connectivity index is 1.40. The second-order valence-corrected chi connectivity index (χ2v) is 7.87. The van der Waals surface area contributed by atoms with Crippen LogP contribution < -0.4 is 5.32 Å². The van der Waals surface area contributed by atoms with Gasteiger partial charge >= 0.3 is 0 Å². The minimum atomic E-state index is -0.373. The number of piperazine rings is 1. The van der Waals surface area contributed by atoms with Gasteiger partial charge in [0.05, 0.1) is 23.1 Å². The Hall–Kier alpha value is -1.83. The molecule has 2 aliphatic rings. The van der Waals surface area contributed by atoms with E-state index in [1.54, 1.807) is 17.0 Å². The maximum absolute atomic E-state index is 12.4. The van der Waals surface area contributed by atoms with Gasteiger partial charge in [-0.1, -0.05) is 23.2 Å². The average molecular weight is 427 g/mol. The lowest BCUT2D eigenvalue weighted by Gasteiger charge is -2.35. The first-order valence-electron chi connectivity index (χ1n) is 9.45. The van der Waals surface area contributed by atoms with Gasteiger partial charge in [0.15, 0.2) is 0 Å². The topological polar surface area (TPSA) is 73.0 Å². The molecule has 2 saturated heterocycles. The summed E-state index contributed by atoms with van der Waals surface area (Å²) in [6.45, 7) is 4.47. The summed E-state index contributed by atoms with van der Waals surface area (Å²) in [5.74, 6) is -0.341. The fraction of sp³-hybridized carbons (Fsp3) is 0.526. The first-order chi connectivity index (χ1) is 13.4. The van der Waals surface area contributed by atoms with Crippen molar-refractivity contribution in [3.05, 3.63) is 33.8 Å². The Morgan fingerprint density at radius 1 is 0.857 bits per heavy atom. The third-order valence-corrected chi connectivity index (χ3v) is 5.86. The molecule has 1 aromatic carbocycles. The van der Waals surface area contributed by atoms with Crippen LogP contribution in [0.2, 0.25) is 10.0 Å². The fourth-order valence-corrected chi connectivity index (χ4v) is 3.72. The molecule has 0 saturated carbocycles. The first kappa shape index (κ1) is 20.9. The number of hydrogen-bond donors (Lipinski definition) is 1. The van der Waals surface area contributed by atoms with Crippen LogP contribution in [0, 0.1) is 0 Å². The molecule has 0 aromatic heterocycles. The second-order valence-electron chi connectivity index (χ2n) is 7.06. The van der Waals surface area contributed by atoms with Gasteiger partial charge in [-0.2, -0.15) is 0 Å². The number of hydrogen-bond acceptors (Lipinski definition) is 4. The molecule has 152 valence electrons. The zero-order valence-electron chi connectivity index (χ0n) is 15.6. The SMILES string of the molecule is O=C(NCC(=O)N1CCN(CC(=O)N2CCCC2)CC1)c1ccc(Cl)c(Cl)c1. The highest BCUT2D eigenvalue weighted by molar-refractivity contribution is 6.42. The van der Waals surface area contributed by atoms with Crippen molar-refractivity contribution in [1.82, 2.24) is 20.0 Å². The summed E-state index contributed by atoms with van der Waals surface area (Å²) in [5.41, 5.74) is 0.354. The van der Waals surface area contributed by atoms with Crippen LogP contribution in [0.4, 0.5) is 0 Å². The molecule has 0 spiro atoms. The molecular weight excluding hydrogens is 403 g/mol. The lowest BCUT2D eigenvalue weighted by Crippen LogP contribution is -2.53. The number of carbonyl (C=O) groups is 3. The van der Waals surface area contributed by atoms with E-state index in [2.05, 4.69) is 10.2 Å². The molecule has 7 nitrogen and oxygen atoms in total. The molecule has 3 amide bonds. The largest absolute Gasteiger partial charge is 0.343 e.